The molecule has 0 aliphatic carbocycles. The van der Waals surface area contributed by atoms with Crippen LogP contribution in [0.2, 0.25) is 0 Å². The molecule has 7 nitrogen and oxygen atoms in total. The molecule has 0 aromatic carbocycles. The van der Waals surface area contributed by atoms with Gasteiger partial charge in [-0.3, -0.25) is 0 Å². The minimum absolute atomic E-state index is 0.389. The summed E-state index contributed by atoms with van der Waals surface area (Å²) in [6.07, 6.45) is 4.28. The van der Waals surface area contributed by atoms with Gasteiger partial charge in [-0.05, 0) is 12.0 Å². The molecule has 110 valence electrons. The normalized spacial score (nSPS) is 11.4. The summed E-state index contributed by atoms with van der Waals surface area (Å²) in [6, 6.07) is 2.07. The first-order chi connectivity index (χ1) is 10.1. The number of nitrogens with one attached hydrogen (secondary N) is 1. The minimum Gasteiger partial charge on any atom is -0.368 e. The summed E-state index contributed by atoms with van der Waals surface area (Å²) in [7, 11) is 0. The van der Waals surface area contributed by atoms with E-state index in [2.05, 4.69) is 45.5 Å². The lowest BCUT2D eigenvalue weighted by Crippen LogP contribution is -2.08. The van der Waals surface area contributed by atoms with Gasteiger partial charge < -0.3 is 9.84 Å². The molecule has 0 unspecified atom stereocenters. The zero-order chi connectivity index (χ0) is 14.8. The molecule has 3 heterocycles. The lowest BCUT2D eigenvalue weighted by Gasteiger charge is -2.04. The standard InChI is InChI=1S/C14H18N6O/c1-9(2)11-8-12-14(16-6-7-20(12)18-11)15-5-4-13-17-10(3)21-19-13/h6-9H,4-5H2,1-3H3,(H,15,16). The molecular formula is C14H18N6O. The number of fused-ring (bicyclic) bond motifs is 1. The van der Waals surface area contributed by atoms with Crippen molar-refractivity contribution in [1.82, 2.24) is 24.7 Å². The first-order valence-corrected chi connectivity index (χ1v) is 7.01. The van der Waals surface area contributed by atoms with Crippen LogP contribution in [0.5, 0.6) is 0 Å². The molecule has 1 N–H and O–H groups in total. The van der Waals surface area contributed by atoms with Crippen LogP contribution in [0.25, 0.3) is 5.52 Å². The van der Waals surface area contributed by atoms with Gasteiger partial charge in [-0.1, -0.05) is 19.0 Å². The summed E-state index contributed by atoms with van der Waals surface area (Å²) in [5, 5.41) is 11.7. The summed E-state index contributed by atoms with van der Waals surface area (Å²) in [6.45, 7) is 6.72. The zero-order valence-corrected chi connectivity index (χ0v) is 12.4. The van der Waals surface area contributed by atoms with E-state index in [-0.39, 0.29) is 0 Å². The van der Waals surface area contributed by atoms with E-state index in [9.17, 15) is 0 Å². The lowest BCUT2D eigenvalue weighted by atomic mass is 10.1. The van der Waals surface area contributed by atoms with Gasteiger partial charge in [-0.15, -0.1) is 0 Å². The Morgan fingerprint density at radius 2 is 2.24 bits per heavy atom. The van der Waals surface area contributed by atoms with Crippen molar-refractivity contribution in [2.45, 2.75) is 33.1 Å². The van der Waals surface area contributed by atoms with Crippen LogP contribution in [0, 0.1) is 6.92 Å². The maximum absolute atomic E-state index is 4.95. The molecule has 0 bridgehead atoms. The topological polar surface area (TPSA) is 81.1 Å². The Morgan fingerprint density at radius 3 is 2.95 bits per heavy atom. The fraction of sp³-hybridized carbons (Fsp3) is 0.429. The summed E-state index contributed by atoms with van der Waals surface area (Å²) < 4.78 is 6.80. The van der Waals surface area contributed by atoms with Crippen LogP contribution >= 0.6 is 0 Å². The van der Waals surface area contributed by atoms with Gasteiger partial charge in [0, 0.05) is 32.3 Å². The minimum atomic E-state index is 0.389. The third-order valence-electron chi connectivity index (χ3n) is 3.21. The molecule has 3 rings (SSSR count). The smallest absolute Gasteiger partial charge is 0.223 e. The number of aromatic nitrogens is 5. The number of hydrogen-bond donors (Lipinski definition) is 1. The number of nitrogens with zero attached hydrogens (tertiary/aromatic N) is 5. The maximum Gasteiger partial charge on any atom is 0.223 e. The highest BCUT2D eigenvalue weighted by molar-refractivity contribution is 5.67. The Bertz CT molecular complexity index is 745. The predicted molar refractivity (Wildman–Crippen MR) is 78.3 cm³/mol. The van der Waals surface area contributed by atoms with E-state index in [1.165, 1.54) is 0 Å². The third-order valence-corrected chi connectivity index (χ3v) is 3.21. The molecular weight excluding hydrogens is 268 g/mol. The van der Waals surface area contributed by atoms with Crippen molar-refractivity contribution in [2.75, 3.05) is 11.9 Å². The second-order valence-electron chi connectivity index (χ2n) is 5.24. The molecule has 0 aliphatic heterocycles. The van der Waals surface area contributed by atoms with Gasteiger partial charge >= 0.3 is 0 Å². The Balaban J connectivity index is 1.74. The summed E-state index contributed by atoms with van der Waals surface area (Å²) >= 11 is 0. The van der Waals surface area contributed by atoms with Gasteiger partial charge in [-0.25, -0.2) is 9.50 Å². The van der Waals surface area contributed by atoms with Crippen molar-refractivity contribution in [1.29, 1.82) is 0 Å². The Hall–Kier alpha value is -2.44. The number of anilines is 1. The molecule has 7 heteroatoms. The largest absolute Gasteiger partial charge is 0.368 e. The molecule has 3 aromatic rings. The van der Waals surface area contributed by atoms with Crippen LogP contribution in [-0.4, -0.2) is 31.3 Å². The third kappa shape index (κ3) is 2.86. The maximum atomic E-state index is 4.95. The molecule has 21 heavy (non-hydrogen) atoms. The van der Waals surface area contributed by atoms with E-state index in [1.807, 2.05) is 10.7 Å². The van der Waals surface area contributed by atoms with E-state index < -0.39 is 0 Å². The average Bonchev–Trinajstić information content (AvgIpc) is 3.05. The fourth-order valence-corrected chi connectivity index (χ4v) is 2.09. The summed E-state index contributed by atoms with van der Waals surface area (Å²) in [5.74, 6) is 2.49. The van der Waals surface area contributed by atoms with Gasteiger partial charge in [0.15, 0.2) is 11.6 Å². The van der Waals surface area contributed by atoms with Gasteiger partial charge in [0.2, 0.25) is 5.89 Å². The number of aryl methyl sites for hydroxylation is 1. The van der Waals surface area contributed by atoms with E-state index in [0.717, 1.165) is 17.0 Å². The van der Waals surface area contributed by atoms with Crippen LogP contribution in [0.3, 0.4) is 0 Å². The van der Waals surface area contributed by atoms with Crippen molar-refractivity contribution in [3.63, 3.8) is 0 Å². The van der Waals surface area contributed by atoms with Crippen molar-refractivity contribution in [2.24, 2.45) is 0 Å². The molecule has 0 fully saturated rings. The van der Waals surface area contributed by atoms with E-state index in [4.69, 9.17) is 4.52 Å². The second-order valence-corrected chi connectivity index (χ2v) is 5.24. The van der Waals surface area contributed by atoms with Gasteiger partial charge in [0.1, 0.15) is 5.52 Å². The zero-order valence-electron chi connectivity index (χ0n) is 12.4. The Kier molecular flexibility index (Phi) is 3.55. The molecule has 3 aromatic heterocycles. The molecule has 0 aliphatic rings. The monoisotopic (exact) mass is 286 g/mol. The van der Waals surface area contributed by atoms with Crippen LogP contribution in [0.4, 0.5) is 5.82 Å². The van der Waals surface area contributed by atoms with Gasteiger partial charge in [0.25, 0.3) is 0 Å². The van der Waals surface area contributed by atoms with E-state index >= 15 is 0 Å². The van der Waals surface area contributed by atoms with Crippen molar-refractivity contribution >= 4 is 11.3 Å². The van der Waals surface area contributed by atoms with E-state index in [1.54, 1.807) is 13.1 Å². The first kappa shape index (κ1) is 13.5. The summed E-state index contributed by atoms with van der Waals surface area (Å²) in [4.78, 5) is 8.56. The quantitative estimate of drug-likeness (QED) is 0.774. The fourth-order valence-electron chi connectivity index (χ4n) is 2.09. The van der Waals surface area contributed by atoms with Crippen molar-refractivity contribution in [3.8, 4) is 0 Å². The highest BCUT2D eigenvalue weighted by atomic mass is 16.5. The predicted octanol–water partition coefficient (Wildman–Crippen LogP) is 2.20. The van der Waals surface area contributed by atoms with Crippen LogP contribution in [-0.2, 0) is 6.42 Å². The molecule has 0 saturated heterocycles. The van der Waals surface area contributed by atoms with Crippen LogP contribution < -0.4 is 5.32 Å². The molecule has 0 atom stereocenters. The molecule has 0 spiro atoms. The SMILES string of the molecule is Cc1nc(CCNc2nccn3nc(C(C)C)cc23)no1. The lowest BCUT2D eigenvalue weighted by molar-refractivity contribution is 0.387. The Labute approximate surface area is 122 Å². The molecule has 0 saturated carbocycles. The number of rotatable bonds is 5. The first-order valence-electron chi connectivity index (χ1n) is 7.01. The molecule has 0 radical (unpaired) electrons. The molecule has 0 amide bonds. The Morgan fingerprint density at radius 1 is 1.38 bits per heavy atom. The van der Waals surface area contributed by atoms with Crippen LogP contribution in [0.1, 0.15) is 37.2 Å². The second kappa shape index (κ2) is 5.51. The highest BCUT2D eigenvalue weighted by Crippen LogP contribution is 2.19. The van der Waals surface area contributed by atoms with Gasteiger partial charge in [-0.2, -0.15) is 10.1 Å². The highest BCUT2D eigenvalue weighted by Gasteiger charge is 2.10. The summed E-state index contributed by atoms with van der Waals surface area (Å²) in [5.41, 5.74) is 2.03. The average molecular weight is 286 g/mol. The van der Waals surface area contributed by atoms with E-state index in [0.29, 0.717) is 30.6 Å². The van der Waals surface area contributed by atoms with Crippen LogP contribution in [0.15, 0.2) is 23.0 Å². The van der Waals surface area contributed by atoms with Gasteiger partial charge in [0.05, 0.1) is 5.69 Å². The number of hydrogen-bond acceptors (Lipinski definition) is 6. The van der Waals surface area contributed by atoms with Crippen molar-refractivity contribution in [3.05, 3.63) is 35.9 Å². The van der Waals surface area contributed by atoms with Crippen molar-refractivity contribution < 1.29 is 4.52 Å².